The van der Waals surface area contributed by atoms with Crippen molar-refractivity contribution < 1.29 is 9.90 Å². The van der Waals surface area contributed by atoms with Crippen molar-refractivity contribution in [1.29, 1.82) is 0 Å². The normalized spacial score (nSPS) is 13.6. The molecule has 0 saturated carbocycles. The van der Waals surface area contributed by atoms with Crippen LogP contribution in [-0.4, -0.2) is 37.6 Å². The van der Waals surface area contributed by atoms with Crippen molar-refractivity contribution in [3.8, 4) is 11.3 Å². The number of aliphatic hydroxyl groups is 1. The van der Waals surface area contributed by atoms with Crippen LogP contribution in [0.15, 0.2) is 36.5 Å². The number of aryl methyl sites for hydroxylation is 3. The third-order valence-electron chi connectivity index (χ3n) is 5.99. The number of hydrogen-bond acceptors (Lipinski definition) is 7. The van der Waals surface area contributed by atoms with Gasteiger partial charge in [-0.3, -0.25) is 9.48 Å². The number of nitrogens with two attached hydrogens (primary N) is 1. The molecule has 0 bridgehead atoms. The number of nitrogen functional groups attached to an aromatic ring is 1. The lowest BCUT2D eigenvalue weighted by atomic mass is 10.1. The predicted molar refractivity (Wildman–Crippen MR) is 130 cm³/mol. The van der Waals surface area contributed by atoms with E-state index in [0.717, 1.165) is 40.7 Å². The predicted octanol–water partition coefficient (Wildman–Crippen LogP) is 4.04. The van der Waals surface area contributed by atoms with Gasteiger partial charge < -0.3 is 16.2 Å². The van der Waals surface area contributed by atoms with Gasteiger partial charge in [0.05, 0.1) is 17.6 Å². The van der Waals surface area contributed by atoms with Crippen LogP contribution < -0.4 is 11.1 Å². The number of rotatable bonds is 6. The van der Waals surface area contributed by atoms with E-state index in [1.165, 1.54) is 29.7 Å². The number of fused-ring (bicyclic) bond motifs is 2. The van der Waals surface area contributed by atoms with Crippen molar-refractivity contribution in [1.82, 2.24) is 20.0 Å². The van der Waals surface area contributed by atoms with Crippen LogP contribution >= 0.6 is 11.3 Å². The summed E-state index contributed by atoms with van der Waals surface area (Å²) < 4.78 is 1.68. The van der Waals surface area contributed by atoms with Crippen LogP contribution in [0.1, 0.15) is 46.6 Å². The van der Waals surface area contributed by atoms with E-state index >= 15 is 0 Å². The average molecular weight is 463 g/mol. The third-order valence-corrected chi connectivity index (χ3v) is 7.10. The standard InChI is InChI=1S/C24H26N6O2S/c25-21-17-13-15-7-2-1-3-9-18(15)27-24(17)33-22(21)23(32)26-19-10-5-4-8-16(19)20-14-30(29-28-20)11-6-12-31/h4-5,8,10,13-14,31H,1-3,6-7,9,11-12,25H2,(H,26,32). The Kier molecular flexibility index (Phi) is 6.06. The highest BCUT2D eigenvalue weighted by molar-refractivity contribution is 7.21. The molecule has 1 aliphatic carbocycles. The lowest BCUT2D eigenvalue weighted by Gasteiger charge is -2.09. The Hall–Kier alpha value is -3.30. The fourth-order valence-electron chi connectivity index (χ4n) is 4.26. The Morgan fingerprint density at radius 3 is 2.94 bits per heavy atom. The van der Waals surface area contributed by atoms with Gasteiger partial charge in [-0.2, -0.15) is 0 Å². The van der Waals surface area contributed by atoms with Gasteiger partial charge in [-0.25, -0.2) is 4.98 Å². The lowest BCUT2D eigenvalue weighted by Crippen LogP contribution is -2.12. The summed E-state index contributed by atoms with van der Waals surface area (Å²) in [5, 5.41) is 21.2. The first-order chi connectivity index (χ1) is 16.1. The molecule has 3 aromatic heterocycles. The molecule has 1 amide bonds. The molecule has 0 spiro atoms. The van der Waals surface area contributed by atoms with Gasteiger partial charge in [-0.05, 0) is 49.8 Å². The largest absolute Gasteiger partial charge is 0.397 e. The first kappa shape index (κ1) is 21.5. The minimum Gasteiger partial charge on any atom is -0.397 e. The van der Waals surface area contributed by atoms with Gasteiger partial charge in [0.15, 0.2) is 0 Å². The van der Waals surface area contributed by atoms with Gasteiger partial charge >= 0.3 is 0 Å². The number of anilines is 2. The van der Waals surface area contributed by atoms with E-state index in [-0.39, 0.29) is 12.5 Å². The van der Waals surface area contributed by atoms with Gasteiger partial charge in [-0.1, -0.05) is 29.8 Å². The van der Waals surface area contributed by atoms with Gasteiger partial charge in [0.25, 0.3) is 5.91 Å². The number of aliphatic hydroxyl groups excluding tert-OH is 1. The van der Waals surface area contributed by atoms with Crippen LogP contribution in [0.25, 0.3) is 21.5 Å². The van der Waals surface area contributed by atoms with E-state index < -0.39 is 0 Å². The highest BCUT2D eigenvalue weighted by atomic mass is 32.1. The van der Waals surface area contributed by atoms with Crippen molar-refractivity contribution in [3.63, 3.8) is 0 Å². The molecule has 33 heavy (non-hydrogen) atoms. The summed E-state index contributed by atoms with van der Waals surface area (Å²) in [6, 6.07) is 9.61. The molecule has 8 nitrogen and oxygen atoms in total. The summed E-state index contributed by atoms with van der Waals surface area (Å²) in [7, 11) is 0. The molecule has 0 radical (unpaired) electrons. The number of carbonyl (C=O) groups excluding carboxylic acids is 1. The van der Waals surface area contributed by atoms with Crippen LogP contribution in [0.2, 0.25) is 0 Å². The van der Waals surface area contributed by atoms with Crippen molar-refractivity contribution in [2.24, 2.45) is 0 Å². The Bertz CT molecular complexity index is 1310. The summed E-state index contributed by atoms with van der Waals surface area (Å²) in [6.07, 6.45) is 7.95. The van der Waals surface area contributed by atoms with E-state index in [9.17, 15) is 4.79 Å². The number of pyridine rings is 1. The number of para-hydroxylation sites is 1. The molecular weight excluding hydrogens is 436 g/mol. The number of nitrogens with one attached hydrogen (secondary N) is 1. The van der Waals surface area contributed by atoms with Crippen molar-refractivity contribution >= 4 is 38.8 Å². The maximum Gasteiger partial charge on any atom is 0.267 e. The fraction of sp³-hybridized carbons (Fsp3) is 0.333. The molecule has 0 saturated heterocycles. The van der Waals surface area contributed by atoms with Gasteiger partial charge in [0, 0.05) is 29.8 Å². The summed E-state index contributed by atoms with van der Waals surface area (Å²) in [6.45, 7) is 0.670. The van der Waals surface area contributed by atoms with E-state index in [0.29, 0.717) is 34.9 Å². The lowest BCUT2D eigenvalue weighted by molar-refractivity contribution is 0.103. The highest BCUT2D eigenvalue weighted by Crippen LogP contribution is 2.36. The van der Waals surface area contributed by atoms with Crippen molar-refractivity contribution in [2.75, 3.05) is 17.7 Å². The zero-order valence-corrected chi connectivity index (χ0v) is 19.1. The SMILES string of the molecule is Nc1c(C(=O)Nc2ccccc2-c2cn(CCCO)nn2)sc2nc3c(cc12)CCCCC3. The Morgan fingerprint density at radius 1 is 1.21 bits per heavy atom. The second-order valence-corrected chi connectivity index (χ2v) is 9.30. The molecule has 0 unspecified atom stereocenters. The van der Waals surface area contributed by atoms with Gasteiger partial charge in [0.2, 0.25) is 0 Å². The molecule has 4 aromatic rings. The minimum atomic E-state index is -0.259. The zero-order chi connectivity index (χ0) is 22.8. The zero-order valence-electron chi connectivity index (χ0n) is 18.3. The molecule has 0 aliphatic heterocycles. The van der Waals surface area contributed by atoms with E-state index in [1.54, 1.807) is 4.68 Å². The first-order valence-electron chi connectivity index (χ1n) is 11.3. The quantitative estimate of drug-likeness (QED) is 0.372. The van der Waals surface area contributed by atoms with Gasteiger partial charge in [-0.15, -0.1) is 16.4 Å². The van der Waals surface area contributed by atoms with E-state index in [2.05, 4.69) is 21.7 Å². The number of benzene rings is 1. The smallest absolute Gasteiger partial charge is 0.267 e. The van der Waals surface area contributed by atoms with Gasteiger partial charge in [0.1, 0.15) is 15.4 Å². The highest BCUT2D eigenvalue weighted by Gasteiger charge is 2.21. The monoisotopic (exact) mass is 462 g/mol. The number of aromatic nitrogens is 4. The molecule has 4 N–H and O–H groups in total. The molecule has 9 heteroatoms. The molecule has 0 atom stereocenters. The average Bonchev–Trinajstić information content (AvgIpc) is 3.34. The molecule has 3 heterocycles. The van der Waals surface area contributed by atoms with Crippen LogP contribution in [0, 0.1) is 0 Å². The molecule has 1 aliphatic rings. The maximum absolute atomic E-state index is 13.2. The number of thiophene rings is 1. The molecule has 1 aromatic carbocycles. The summed E-state index contributed by atoms with van der Waals surface area (Å²) in [4.78, 5) is 19.4. The molecular formula is C24H26N6O2S. The third kappa shape index (κ3) is 4.34. The number of carbonyl (C=O) groups is 1. The second kappa shape index (κ2) is 9.29. The first-order valence-corrected chi connectivity index (χ1v) is 12.1. The Balaban J connectivity index is 1.43. The summed E-state index contributed by atoms with van der Waals surface area (Å²) in [5.41, 5.74) is 11.4. The molecule has 0 fully saturated rings. The van der Waals surface area contributed by atoms with Crippen LogP contribution in [0.3, 0.4) is 0 Å². The fourth-order valence-corrected chi connectivity index (χ4v) is 5.25. The Morgan fingerprint density at radius 2 is 2.06 bits per heavy atom. The number of amides is 1. The van der Waals surface area contributed by atoms with Crippen molar-refractivity contribution in [2.45, 2.75) is 45.1 Å². The number of hydrogen-bond donors (Lipinski definition) is 3. The molecule has 170 valence electrons. The van der Waals surface area contributed by atoms with E-state index in [4.69, 9.17) is 15.8 Å². The van der Waals surface area contributed by atoms with Crippen LogP contribution in [0.5, 0.6) is 0 Å². The number of nitrogens with zero attached hydrogens (tertiary/aromatic N) is 4. The Labute approximate surface area is 195 Å². The van der Waals surface area contributed by atoms with Crippen LogP contribution in [-0.2, 0) is 19.4 Å². The van der Waals surface area contributed by atoms with Crippen LogP contribution in [0.4, 0.5) is 11.4 Å². The second-order valence-electron chi connectivity index (χ2n) is 8.30. The topological polar surface area (TPSA) is 119 Å². The molecule has 5 rings (SSSR count). The van der Waals surface area contributed by atoms with E-state index in [1.807, 2.05) is 30.5 Å². The maximum atomic E-state index is 13.2. The summed E-state index contributed by atoms with van der Waals surface area (Å²) in [5.74, 6) is -0.259. The minimum absolute atomic E-state index is 0.0935. The summed E-state index contributed by atoms with van der Waals surface area (Å²) >= 11 is 1.34. The van der Waals surface area contributed by atoms with Crippen molar-refractivity contribution in [3.05, 3.63) is 52.7 Å².